The Hall–Kier alpha value is -3.44. The number of hydrogen-bond acceptors (Lipinski definition) is 5. The number of aromatic nitrogens is 2. The summed E-state index contributed by atoms with van der Waals surface area (Å²) in [5, 5.41) is 4.41. The smallest absolute Gasteiger partial charge is 0.240 e. The van der Waals surface area contributed by atoms with Crippen LogP contribution in [0.15, 0.2) is 89.5 Å². The zero-order valence-corrected chi connectivity index (χ0v) is 19.3. The quantitative estimate of drug-likeness (QED) is 0.410. The van der Waals surface area contributed by atoms with Crippen LogP contribution in [0.5, 0.6) is 0 Å². The highest BCUT2D eigenvalue weighted by Crippen LogP contribution is 2.30. The van der Waals surface area contributed by atoms with Gasteiger partial charge in [-0.3, -0.25) is 4.90 Å². The van der Waals surface area contributed by atoms with Gasteiger partial charge in [-0.05, 0) is 37.1 Å². The fourth-order valence-corrected chi connectivity index (χ4v) is 4.63. The van der Waals surface area contributed by atoms with Crippen molar-refractivity contribution in [2.24, 2.45) is 0 Å². The largest absolute Gasteiger partial charge is 0.369 e. The fourth-order valence-electron chi connectivity index (χ4n) is 4.63. The second-order valence-electron chi connectivity index (χ2n) is 8.90. The van der Waals surface area contributed by atoms with Crippen LogP contribution in [0.1, 0.15) is 41.2 Å². The molecule has 1 aliphatic heterocycles. The first-order valence-corrected chi connectivity index (χ1v) is 11.7. The predicted octanol–water partition coefficient (Wildman–Crippen LogP) is 5.27. The highest BCUT2D eigenvalue weighted by molar-refractivity contribution is 5.48. The molecule has 1 aliphatic rings. The van der Waals surface area contributed by atoms with Gasteiger partial charge in [-0.2, -0.15) is 4.98 Å². The maximum Gasteiger partial charge on any atom is 0.240 e. The van der Waals surface area contributed by atoms with Gasteiger partial charge in [0, 0.05) is 31.4 Å². The third-order valence-corrected chi connectivity index (χ3v) is 6.51. The van der Waals surface area contributed by atoms with Crippen molar-refractivity contribution in [3.63, 3.8) is 0 Å². The molecule has 1 aromatic heterocycles. The summed E-state index contributed by atoms with van der Waals surface area (Å²) in [6.07, 6.45) is 0. The molecular formula is C28H30N4O. The summed E-state index contributed by atoms with van der Waals surface area (Å²) in [5.74, 6) is 1.35. The van der Waals surface area contributed by atoms with E-state index in [0.717, 1.165) is 30.8 Å². The van der Waals surface area contributed by atoms with Crippen LogP contribution in [0.25, 0.3) is 0 Å². The van der Waals surface area contributed by atoms with E-state index in [4.69, 9.17) is 9.51 Å². The minimum Gasteiger partial charge on any atom is -0.369 e. The number of nitrogens with zero attached hydrogens (tertiary/aromatic N) is 4. The molecule has 0 aliphatic carbocycles. The second kappa shape index (κ2) is 9.59. The van der Waals surface area contributed by atoms with Crippen LogP contribution in [-0.4, -0.2) is 40.7 Å². The standard InChI is InChI=1S/C28H30N4O/c1-21-13-15-25(16-14-21)32-18-17-31(22(2)19-32)20-26-29-28(30-33-26)27(23-9-5-3-6-10-23)24-11-7-4-8-12-24/h3-16,22,27H,17-20H2,1-2H3. The minimum absolute atomic E-state index is 0.0410. The third kappa shape index (κ3) is 4.83. The number of aryl methyl sites for hydroxylation is 1. The average molecular weight is 439 g/mol. The monoisotopic (exact) mass is 438 g/mol. The van der Waals surface area contributed by atoms with Crippen molar-refractivity contribution in [2.45, 2.75) is 32.4 Å². The normalized spacial score (nSPS) is 16.9. The summed E-state index contributed by atoms with van der Waals surface area (Å²) >= 11 is 0. The molecule has 168 valence electrons. The van der Waals surface area contributed by atoms with Gasteiger partial charge < -0.3 is 9.42 Å². The van der Waals surface area contributed by atoms with Gasteiger partial charge in [-0.25, -0.2) is 0 Å². The molecule has 0 spiro atoms. The lowest BCUT2D eigenvalue weighted by molar-refractivity contribution is 0.159. The number of benzene rings is 3. The van der Waals surface area contributed by atoms with Crippen LogP contribution < -0.4 is 4.90 Å². The van der Waals surface area contributed by atoms with E-state index < -0.39 is 0 Å². The van der Waals surface area contributed by atoms with Crippen molar-refractivity contribution in [1.29, 1.82) is 0 Å². The Balaban J connectivity index is 1.31. The van der Waals surface area contributed by atoms with E-state index in [2.05, 4.69) is 102 Å². The Morgan fingerprint density at radius 3 is 2.12 bits per heavy atom. The van der Waals surface area contributed by atoms with Gasteiger partial charge in [0.15, 0.2) is 5.82 Å². The number of rotatable bonds is 6. The number of anilines is 1. The lowest BCUT2D eigenvalue weighted by atomic mass is 9.91. The zero-order valence-electron chi connectivity index (χ0n) is 19.3. The number of piperazine rings is 1. The van der Waals surface area contributed by atoms with E-state index >= 15 is 0 Å². The molecule has 33 heavy (non-hydrogen) atoms. The van der Waals surface area contributed by atoms with Gasteiger partial charge in [0.05, 0.1) is 12.5 Å². The molecule has 1 atom stereocenters. The van der Waals surface area contributed by atoms with E-state index in [1.807, 2.05) is 12.1 Å². The van der Waals surface area contributed by atoms with Gasteiger partial charge >= 0.3 is 0 Å². The van der Waals surface area contributed by atoms with Gasteiger partial charge in [-0.15, -0.1) is 0 Å². The minimum atomic E-state index is -0.0410. The molecule has 0 saturated carbocycles. The lowest BCUT2D eigenvalue weighted by Crippen LogP contribution is -2.51. The van der Waals surface area contributed by atoms with E-state index in [9.17, 15) is 0 Å². The molecular weight excluding hydrogens is 408 g/mol. The Kier molecular flexibility index (Phi) is 6.22. The third-order valence-electron chi connectivity index (χ3n) is 6.51. The Morgan fingerprint density at radius 2 is 1.52 bits per heavy atom. The molecule has 0 radical (unpaired) electrons. The van der Waals surface area contributed by atoms with Crippen molar-refractivity contribution in [3.05, 3.63) is 113 Å². The molecule has 3 aromatic carbocycles. The van der Waals surface area contributed by atoms with Crippen LogP contribution >= 0.6 is 0 Å². The van der Waals surface area contributed by atoms with Gasteiger partial charge in [-0.1, -0.05) is 83.5 Å². The van der Waals surface area contributed by atoms with Crippen molar-refractivity contribution in [2.75, 3.05) is 24.5 Å². The first-order valence-electron chi connectivity index (χ1n) is 11.7. The summed E-state index contributed by atoms with van der Waals surface area (Å²) in [5.41, 5.74) is 4.91. The molecule has 1 unspecified atom stereocenters. The lowest BCUT2D eigenvalue weighted by Gasteiger charge is -2.40. The zero-order chi connectivity index (χ0) is 22.6. The van der Waals surface area contributed by atoms with Crippen LogP contribution in [0.3, 0.4) is 0 Å². The summed E-state index contributed by atoms with van der Waals surface area (Å²) in [7, 11) is 0. The molecule has 5 rings (SSSR count). The van der Waals surface area contributed by atoms with E-state index in [1.165, 1.54) is 11.3 Å². The second-order valence-corrected chi connectivity index (χ2v) is 8.90. The molecule has 0 N–H and O–H groups in total. The SMILES string of the molecule is Cc1ccc(N2CCN(Cc3nc(C(c4ccccc4)c4ccccc4)no3)C(C)C2)cc1. The maximum absolute atomic E-state index is 5.75. The van der Waals surface area contributed by atoms with Crippen LogP contribution in [0.4, 0.5) is 5.69 Å². The summed E-state index contributed by atoms with van der Waals surface area (Å²) in [6, 6.07) is 30.0. The van der Waals surface area contributed by atoms with Crippen LogP contribution in [-0.2, 0) is 6.54 Å². The molecule has 1 fully saturated rings. The molecule has 0 amide bonds. The molecule has 2 heterocycles. The van der Waals surface area contributed by atoms with E-state index in [1.54, 1.807) is 0 Å². The van der Waals surface area contributed by atoms with Gasteiger partial charge in [0.25, 0.3) is 0 Å². The Morgan fingerprint density at radius 1 is 0.879 bits per heavy atom. The average Bonchev–Trinajstić information content (AvgIpc) is 3.30. The van der Waals surface area contributed by atoms with Crippen LogP contribution in [0, 0.1) is 6.92 Å². The van der Waals surface area contributed by atoms with Crippen molar-refractivity contribution in [1.82, 2.24) is 15.0 Å². The van der Waals surface area contributed by atoms with Crippen molar-refractivity contribution >= 4 is 5.69 Å². The van der Waals surface area contributed by atoms with Crippen LogP contribution in [0.2, 0.25) is 0 Å². The topological polar surface area (TPSA) is 45.4 Å². The molecule has 0 bridgehead atoms. The van der Waals surface area contributed by atoms with Gasteiger partial charge in [0.2, 0.25) is 5.89 Å². The van der Waals surface area contributed by atoms with E-state index in [-0.39, 0.29) is 5.92 Å². The highest BCUT2D eigenvalue weighted by Gasteiger charge is 2.27. The van der Waals surface area contributed by atoms with Crippen molar-refractivity contribution < 1.29 is 4.52 Å². The summed E-state index contributed by atoms with van der Waals surface area (Å²) in [4.78, 5) is 9.74. The maximum atomic E-state index is 5.75. The number of hydrogen-bond donors (Lipinski definition) is 0. The first kappa shape index (κ1) is 21.4. The summed E-state index contributed by atoms with van der Waals surface area (Å²) < 4.78 is 5.75. The molecule has 5 nitrogen and oxygen atoms in total. The molecule has 5 heteroatoms. The molecule has 1 saturated heterocycles. The van der Waals surface area contributed by atoms with E-state index in [0.29, 0.717) is 24.3 Å². The fraction of sp³-hybridized carbons (Fsp3) is 0.286. The summed E-state index contributed by atoms with van der Waals surface area (Å²) in [6.45, 7) is 8.02. The molecule has 4 aromatic rings. The Bertz CT molecular complexity index is 1120. The highest BCUT2D eigenvalue weighted by atomic mass is 16.5. The van der Waals surface area contributed by atoms with Crippen molar-refractivity contribution in [3.8, 4) is 0 Å². The first-order chi connectivity index (χ1) is 16.2. The predicted molar refractivity (Wildman–Crippen MR) is 131 cm³/mol. The van der Waals surface area contributed by atoms with Gasteiger partial charge in [0.1, 0.15) is 0 Å². The Labute approximate surface area is 195 Å².